The average Bonchev–Trinajstić information content (AvgIpc) is 3.02. The van der Waals surface area contributed by atoms with Crippen LogP contribution in [0.25, 0.3) is 0 Å². The van der Waals surface area contributed by atoms with Crippen molar-refractivity contribution in [3.63, 3.8) is 0 Å². The van der Waals surface area contributed by atoms with Gasteiger partial charge in [-0.05, 0) is 11.4 Å². The number of aryl methyl sites for hydroxylation is 1. The fourth-order valence-corrected chi connectivity index (χ4v) is 4.29. The lowest BCUT2D eigenvalue weighted by molar-refractivity contribution is 0.507. The highest BCUT2D eigenvalue weighted by molar-refractivity contribution is 7.89. The molecule has 2 aromatic rings. The first-order valence-corrected chi connectivity index (χ1v) is 9.23. The fraction of sp³-hybridized carbons (Fsp3) is 0.429. The van der Waals surface area contributed by atoms with Crippen LogP contribution in [-0.2, 0) is 29.5 Å². The van der Waals surface area contributed by atoms with Crippen LogP contribution in [-0.4, -0.2) is 24.1 Å². The molecule has 2 rings (SSSR count). The molecular weight excluding hydrogens is 338 g/mol. The lowest BCUT2D eigenvalue weighted by Crippen LogP contribution is -2.43. The first kappa shape index (κ1) is 17.6. The van der Waals surface area contributed by atoms with Crippen LogP contribution in [0.5, 0.6) is 0 Å². The number of thiophene rings is 1. The number of rotatable bonds is 5. The zero-order chi connectivity index (χ0) is 17.4. The molecule has 2 aromatic heterocycles. The third-order valence-electron chi connectivity index (χ3n) is 3.60. The van der Waals surface area contributed by atoms with Gasteiger partial charge in [0.2, 0.25) is 10.0 Å². The number of sulfonamides is 1. The summed E-state index contributed by atoms with van der Waals surface area (Å²) in [5, 5.41) is 1.92. The van der Waals surface area contributed by atoms with Crippen molar-refractivity contribution >= 4 is 21.4 Å². The molecule has 1 N–H and O–H groups in total. The minimum absolute atomic E-state index is 0.141. The normalized spacial score (nSPS) is 12.5. The number of hydrogen-bond donors (Lipinski definition) is 1. The van der Waals surface area contributed by atoms with Crippen molar-refractivity contribution in [1.82, 2.24) is 13.9 Å². The Kier molecular flexibility index (Phi) is 4.65. The lowest BCUT2D eigenvalue weighted by atomic mass is 9.92. The van der Waals surface area contributed by atoms with Crippen LogP contribution >= 0.6 is 11.3 Å². The molecule has 0 bridgehead atoms. The lowest BCUT2D eigenvalue weighted by Gasteiger charge is -2.23. The third-order valence-corrected chi connectivity index (χ3v) is 6.22. The molecule has 0 aliphatic heterocycles. The van der Waals surface area contributed by atoms with Crippen molar-refractivity contribution in [1.29, 1.82) is 0 Å². The maximum absolute atomic E-state index is 12.4. The minimum Gasteiger partial charge on any atom is -0.302 e. The van der Waals surface area contributed by atoms with E-state index in [1.54, 1.807) is 11.3 Å². The van der Waals surface area contributed by atoms with Gasteiger partial charge in [0.1, 0.15) is 0 Å². The van der Waals surface area contributed by atoms with Gasteiger partial charge in [0.15, 0.2) is 4.90 Å². The van der Waals surface area contributed by atoms with Gasteiger partial charge in [0.05, 0.1) is 0 Å². The largest absolute Gasteiger partial charge is 0.330 e. The van der Waals surface area contributed by atoms with E-state index in [0.717, 1.165) is 20.2 Å². The van der Waals surface area contributed by atoms with Crippen molar-refractivity contribution in [2.24, 2.45) is 14.1 Å². The molecule has 0 aliphatic carbocycles. The Balaban J connectivity index is 2.34. The fourth-order valence-electron chi connectivity index (χ4n) is 2.06. The van der Waals surface area contributed by atoms with Gasteiger partial charge in [-0.3, -0.25) is 9.36 Å². The van der Waals surface area contributed by atoms with Gasteiger partial charge < -0.3 is 4.57 Å². The Morgan fingerprint density at radius 2 is 1.91 bits per heavy atom. The summed E-state index contributed by atoms with van der Waals surface area (Å²) in [6.07, 6.45) is 1.05. The van der Waals surface area contributed by atoms with Crippen molar-refractivity contribution in [2.45, 2.75) is 24.2 Å². The molecular formula is C14H19N3O4S2. The molecule has 0 fully saturated rings. The van der Waals surface area contributed by atoms with Crippen molar-refractivity contribution < 1.29 is 8.42 Å². The van der Waals surface area contributed by atoms with Gasteiger partial charge >= 0.3 is 5.69 Å². The van der Waals surface area contributed by atoms with Crippen molar-refractivity contribution in [3.8, 4) is 0 Å². The van der Waals surface area contributed by atoms with Crippen LogP contribution in [0.2, 0.25) is 0 Å². The van der Waals surface area contributed by atoms with Crippen LogP contribution in [0.3, 0.4) is 0 Å². The number of hydrogen-bond acceptors (Lipinski definition) is 5. The maximum atomic E-state index is 12.4. The molecule has 126 valence electrons. The molecule has 0 atom stereocenters. The standard InChI is InChI=1S/C14H19N3O4S2/c1-14(2,11-6-5-7-22-11)9-15-23(20,21)10-8-16(3)13(19)17(4)12(10)18/h5-8,15H,9H2,1-4H3. The SMILES string of the molecule is Cn1cc(S(=O)(=O)NCC(C)(C)c2cccs2)c(=O)n(C)c1=O. The Labute approximate surface area is 138 Å². The number of nitrogens with one attached hydrogen (secondary N) is 1. The Morgan fingerprint density at radius 3 is 2.48 bits per heavy atom. The molecule has 0 saturated carbocycles. The van der Waals surface area contributed by atoms with Gasteiger partial charge in [0, 0.05) is 37.1 Å². The molecule has 0 saturated heterocycles. The summed E-state index contributed by atoms with van der Waals surface area (Å²) < 4.78 is 29.2. The molecule has 7 nitrogen and oxygen atoms in total. The van der Waals surface area contributed by atoms with Gasteiger partial charge in [0.25, 0.3) is 5.56 Å². The second kappa shape index (κ2) is 6.06. The van der Waals surface area contributed by atoms with Crippen LogP contribution in [0.15, 0.2) is 38.2 Å². The predicted octanol–water partition coefficient (Wildman–Crippen LogP) is 0.402. The monoisotopic (exact) mass is 357 g/mol. The van der Waals surface area contributed by atoms with Crippen molar-refractivity contribution in [2.75, 3.05) is 6.54 Å². The smallest absolute Gasteiger partial charge is 0.302 e. The zero-order valence-electron chi connectivity index (χ0n) is 13.4. The van der Waals surface area contributed by atoms with Crippen LogP contribution in [0, 0.1) is 0 Å². The van der Waals surface area contributed by atoms with E-state index in [0.29, 0.717) is 0 Å². The van der Waals surface area contributed by atoms with E-state index in [2.05, 4.69) is 4.72 Å². The summed E-state index contributed by atoms with van der Waals surface area (Å²) in [7, 11) is -1.37. The molecule has 2 heterocycles. The van der Waals surface area contributed by atoms with Crippen LogP contribution < -0.4 is 16.0 Å². The quantitative estimate of drug-likeness (QED) is 0.839. The van der Waals surface area contributed by atoms with E-state index < -0.39 is 31.6 Å². The van der Waals surface area contributed by atoms with E-state index in [9.17, 15) is 18.0 Å². The van der Waals surface area contributed by atoms with E-state index in [1.165, 1.54) is 14.1 Å². The summed E-state index contributed by atoms with van der Waals surface area (Å²) in [5.74, 6) is 0. The summed E-state index contributed by atoms with van der Waals surface area (Å²) in [6, 6.07) is 3.84. The molecule has 9 heteroatoms. The molecule has 0 amide bonds. The summed E-state index contributed by atoms with van der Waals surface area (Å²) in [4.78, 5) is 24.3. The van der Waals surface area contributed by atoms with Crippen LogP contribution in [0.4, 0.5) is 0 Å². The second-order valence-electron chi connectivity index (χ2n) is 5.94. The molecule has 23 heavy (non-hydrogen) atoms. The Bertz CT molecular complexity index is 922. The second-order valence-corrected chi connectivity index (χ2v) is 8.62. The van der Waals surface area contributed by atoms with Gasteiger partial charge in [-0.1, -0.05) is 19.9 Å². The zero-order valence-corrected chi connectivity index (χ0v) is 15.0. The average molecular weight is 357 g/mol. The summed E-state index contributed by atoms with van der Waals surface area (Å²) >= 11 is 1.54. The highest BCUT2D eigenvalue weighted by atomic mass is 32.2. The van der Waals surface area contributed by atoms with E-state index in [1.807, 2.05) is 31.4 Å². The van der Waals surface area contributed by atoms with E-state index in [4.69, 9.17) is 0 Å². The Morgan fingerprint density at radius 1 is 1.26 bits per heavy atom. The van der Waals surface area contributed by atoms with Gasteiger partial charge in [-0.25, -0.2) is 17.9 Å². The highest BCUT2D eigenvalue weighted by Crippen LogP contribution is 2.26. The van der Waals surface area contributed by atoms with Gasteiger partial charge in [-0.15, -0.1) is 11.3 Å². The topological polar surface area (TPSA) is 90.2 Å². The highest BCUT2D eigenvalue weighted by Gasteiger charge is 2.27. The number of aromatic nitrogens is 2. The van der Waals surface area contributed by atoms with Crippen LogP contribution in [0.1, 0.15) is 18.7 Å². The maximum Gasteiger partial charge on any atom is 0.330 e. The third kappa shape index (κ3) is 3.46. The predicted molar refractivity (Wildman–Crippen MR) is 89.5 cm³/mol. The molecule has 0 aromatic carbocycles. The minimum atomic E-state index is -4.02. The summed E-state index contributed by atoms with van der Waals surface area (Å²) in [6.45, 7) is 3.97. The molecule has 0 aliphatic rings. The first-order valence-electron chi connectivity index (χ1n) is 6.86. The molecule has 0 unspecified atom stereocenters. The van der Waals surface area contributed by atoms with Crippen molar-refractivity contribution in [3.05, 3.63) is 49.4 Å². The summed E-state index contributed by atoms with van der Waals surface area (Å²) in [5.41, 5.74) is -1.82. The number of nitrogens with zero attached hydrogens (tertiary/aromatic N) is 2. The Hall–Kier alpha value is -1.71. The first-order chi connectivity index (χ1) is 10.6. The van der Waals surface area contributed by atoms with E-state index >= 15 is 0 Å². The molecule has 0 spiro atoms. The van der Waals surface area contributed by atoms with Gasteiger partial charge in [-0.2, -0.15) is 0 Å². The molecule has 0 radical (unpaired) electrons. The van der Waals surface area contributed by atoms with E-state index in [-0.39, 0.29) is 6.54 Å².